The van der Waals surface area contributed by atoms with Crippen molar-refractivity contribution in [3.63, 3.8) is 0 Å². The lowest BCUT2D eigenvalue weighted by Crippen LogP contribution is -2.42. The fourth-order valence-electron chi connectivity index (χ4n) is 2.81. The molecule has 0 aromatic heterocycles. The van der Waals surface area contributed by atoms with Crippen LogP contribution in [0.5, 0.6) is 0 Å². The highest BCUT2D eigenvalue weighted by Gasteiger charge is 2.49. The Labute approximate surface area is 169 Å². The van der Waals surface area contributed by atoms with Crippen molar-refractivity contribution in [2.45, 2.75) is 12.5 Å². The summed E-state index contributed by atoms with van der Waals surface area (Å²) in [5, 5.41) is 14.2. The molecular formula is C19H15IN4O3. The number of nitrogens with zero attached hydrogens (tertiary/aromatic N) is 2. The first-order valence-electron chi connectivity index (χ1n) is 8.04. The number of carbonyl (C=O) groups is 3. The van der Waals surface area contributed by atoms with Gasteiger partial charge in [-0.15, -0.1) is 0 Å². The van der Waals surface area contributed by atoms with Crippen molar-refractivity contribution in [3.8, 4) is 6.07 Å². The first kappa shape index (κ1) is 18.8. The molecule has 1 atom stereocenters. The summed E-state index contributed by atoms with van der Waals surface area (Å²) < 4.78 is 0.850. The number of anilines is 1. The zero-order valence-corrected chi connectivity index (χ0v) is 16.5. The Morgan fingerprint density at radius 2 is 1.89 bits per heavy atom. The van der Waals surface area contributed by atoms with Crippen LogP contribution in [0.25, 0.3) is 0 Å². The molecule has 136 valence electrons. The molecule has 1 heterocycles. The van der Waals surface area contributed by atoms with Gasteiger partial charge in [0.05, 0.1) is 17.3 Å². The first-order chi connectivity index (χ1) is 12.8. The molecular weight excluding hydrogens is 459 g/mol. The number of rotatable bonds is 4. The van der Waals surface area contributed by atoms with E-state index in [4.69, 9.17) is 5.26 Å². The predicted octanol–water partition coefficient (Wildman–Crippen LogP) is 2.57. The Balaban J connectivity index is 1.76. The number of nitriles is 1. The zero-order chi connectivity index (χ0) is 19.6. The van der Waals surface area contributed by atoms with E-state index in [1.807, 2.05) is 18.2 Å². The second-order valence-electron chi connectivity index (χ2n) is 6.16. The Morgan fingerprint density at radius 3 is 2.52 bits per heavy atom. The minimum Gasteiger partial charge on any atom is -0.324 e. The molecule has 2 N–H and O–H groups in total. The molecule has 4 amide bonds. The van der Waals surface area contributed by atoms with Crippen LogP contribution >= 0.6 is 22.6 Å². The number of halogens is 1. The van der Waals surface area contributed by atoms with Crippen LogP contribution in [-0.2, 0) is 15.1 Å². The zero-order valence-electron chi connectivity index (χ0n) is 14.3. The molecule has 1 aliphatic rings. The second-order valence-corrected chi connectivity index (χ2v) is 7.33. The number of imide groups is 1. The third-order valence-corrected chi connectivity index (χ3v) is 5.26. The molecule has 0 spiro atoms. The van der Waals surface area contributed by atoms with Crippen molar-refractivity contribution < 1.29 is 14.4 Å². The van der Waals surface area contributed by atoms with Crippen molar-refractivity contribution in [1.82, 2.24) is 10.2 Å². The molecule has 0 bridgehead atoms. The highest BCUT2D eigenvalue weighted by atomic mass is 127. The van der Waals surface area contributed by atoms with E-state index < -0.39 is 23.4 Å². The Hall–Kier alpha value is -2.93. The number of hydrogen-bond acceptors (Lipinski definition) is 4. The van der Waals surface area contributed by atoms with E-state index in [0.717, 1.165) is 8.47 Å². The monoisotopic (exact) mass is 474 g/mol. The highest BCUT2D eigenvalue weighted by molar-refractivity contribution is 14.1. The molecule has 8 heteroatoms. The van der Waals surface area contributed by atoms with Crippen LogP contribution < -0.4 is 10.6 Å². The van der Waals surface area contributed by atoms with Crippen molar-refractivity contribution in [3.05, 3.63) is 63.2 Å². The fraction of sp³-hybridized carbons (Fsp3) is 0.158. The van der Waals surface area contributed by atoms with Gasteiger partial charge in [0.2, 0.25) is 5.91 Å². The molecule has 3 rings (SSSR count). The molecule has 1 saturated heterocycles. The third kappa shape index (κ3) is 3.64. The van der Waals surface area contributed by atoms with Crippen molar-refractivity contribution in [2.75, 3.05) is 11.9 Å². The lowest BCUT2D eigenvalue weighted by molar-refractivity contribution is -0.133. The van der Waals surface area contributed by atoms with Crippen LogP contribution in [0, 0.1) is 14.9 Å². The molecule has 0 radical (unpaired) electrons. The number of hydrogen-bond donors (Lipinski definition) is 2. The maximum Gasteiger partial charge on any atom is 0.325 e. The van der Waals surface area contributed by atoms with Crippen molar-refractivity contribution >= 4 is 46.1 Å². The van der Waals surface area contributed by atoms with Crippen molar-refractivity contribution in [2.24, 2.45) is 0 Å². The summed E-state index contributed by atoms with van der Waals surface area (Å²) in [5.41, 5.74) is 0.324. The fourth-order valence-corrected chi connectivity index (χ4v) is 3.33. The van der Waals surface area contributed by atoms with E-state index in [2.05, 4.69) is 33.2 Å². The molecule has 1 unspecified atom stereocenters. The summed E-state index contributed by atoms with van der Waals surface area (Å²) in [4.78, 5) is 38.4. The van der Waals surface area contributed by atoms with Gasteiger partial charge in [0.25, 0.3) is 5.91 Å². The topological polar surface area (TPSA) is 102 Å². The SMILES string of the molecule is CC1(c2ccc(C#N)cc2)NC(=O)N(CC(=O)Nc2ccccc2I)C1=O. The number of urea groups is 1. The largest absolute Gasteiger partial charge is 0.325 e. The molecule has 27 heavy (non-hydrogen) atoms. The van der Waals surface area contributed by atoms with Gasteiger partial charge < -0.3 is 10.6 Å². The van der Waals surface area contributed by atoms with E-state index in [0.29, 0.717) is 16.8 Å². The van der Waals surface area contributed by atoms with Crippen LogP contribution in [0.15, 0.2) is 48.5 Å². The number of amides is 4. The number of para-hydroxylation sites is 1. The Bertz CT molecular complexity index is 968. The van der Waals surface area contributed by atoms with Gasteiger partial charge in [-0.2, -0.15) is 5.26 Å². The molecule has 0 aliphatic carbocycles. The van der Waals surface area contributed by atoms with E-state index in [-0.39, 0.29) is 6.54 Å². The summed E-state index contributed by atoms with van der Waals surface area (Å²) in [6.45, 7) is 1.19. The maximum atomic E-state index is 12.8. The number of nitrogens with one attached hydrogen (secondary N) is 2. The maximum absolute atomic E-state index is 12.8. The second kappa shape index (κ2) is 7.36. The summed E-state index contributed by atoms with van der Waals surface area (Å²) in [6, 6.07) is 15.0. The van der Waals surface area contributed by atoms with Gasteiger partial charge in [-0.25, -0.2) is 4.79 Å². The number of benzene rings is 2. The lowest BCUT2D eigenvalue weighted by Gasteiger charge is -2.22. The van der Waals surface area contributed by atoms with Crippen LogP contribution in [0.3, 0.4) is 0 Å². The van der Waals surface area contributed by atoms with Crippen LogP contribution in [0.4, 0.5) is 10.5 Å². The van der Waals surface area contributed by atoms with Gasteiger partial charge in [0.15, 0.2) is 0 Å². The predicted molar refractivity (Wildman–Crippen MR) is 107 cm³/mol. The third-order valence-electron chi connectivity index (χ3n) is 4.32. The smallest absolute Gasteiger partial charge is 0.324 e. The molecule has 2 aromatic carbocycles. The van der Waals surface area contributed by atoms with Crippen LogP contribution in [0.1, 0.15) is 18.1 Å². The summed E-state index contributed by atoms with van der Waals surface area (Å²) in [6.07, 6.45) is 0. The average molecular weight is 474 g/mol. The summed E-state index contributed by atoms with van der Waals surface area (Å²) >= 11 is 2.09. The van der Waals surface area contributed by atoms with Crippen LogP contribution in [-0.4, -0.2) is 29.3 Å². The molecule has 7 nitrogen and oxygen atoms in total. The quantitative estimate of drug-likeness (QED) is 0.526. The van der Waals surface area contributed by atoms with Crippen molar-refractivity contribution in [1.29, 1.82) is 5.26 Å². The van der Waals surface area contributed by atoms with Gasteiger partial charge >= 0.3 is 6.03 Å². The van der Waals surface area contributed by atoms with Gasteiger partial charge in [-0.05, 0) is 59.3 Å². The van der Waals surface area contributed by atoms with Gasteiger partial charge in [0, 0.05) is 3.57 Å². The van der Waals surface area contributed by atoms with E-state index in [1.165, 1.54) is 0 Å². The van der Waals surface area contributed by atoms with Gasteiger partial charge in [-0.3, -0.25) is 14.5 Å². The molecule has 1 fully saturated rings. The Kier molecular flexibility index (Phi) is 5.14. The minimum atomic E-state index is -1.29. The standard InChI is InChI=1S/C19H15IN4O3/c1-19(13-8-6-12(10-21)7-9-13)17(26)24(18(27)23-19)11-16(25)22-15-5-3-2-4-14(15)20/h2-9H,11H2,1H3,(H,22,25)(H,23,27). The minimum absolute atomic E-state index is 0.387. The first-order valence-corrected chi connectivity index (χ1v) is 9.12. The van der Waals surface area contributed by atoms with Gasteiger partial charge in [-0.1, -0.05) is 24.3 Å². The molecule has 1 aliphatic heterocycles. The van der Waals surface area contributed by atoms with E-state index >= 15 is 0 Å². The van der Waals surface area contributed by atoms with E-state index in [1.54, 1.807) is 43.3 Å². The average Bonchev–Trinajstić information content (AvgIpc) is 2.88. The van der Waals surface area contributed by atoms with Crippen LogP contribution in [0.2, 0.25) is 0 Å². The van der Waals surface area contributed by atoms with Gasteiger partial charge in [0.1, 0.15) is 12.1 Å². The summed E-state index contributed by atoms with van der Waals surface area (Å²) in [7, 11) is 0. The normalized spacial score (nSPS) is 18.8. The summed E-state index contributed by atoms with van der Waals surface area (Å²) in [5.74, 6) is -0.984. The van der Waals surface area contributed by atoms with E-state index in [9.17, 15) is 14.4 Å². The lowest BCUT2D eigenvalue weighted by atomic mass is 9.91. The number of carbonyl (C=O) groups excluding carboxylic acids is 3. The molecule has 2 aromatic rings. The Morgan fingerprint density at radius 1 is 1.22 bits per heavy atom. The molecule has 0 saturated carbocycles. The highest BCUT2D eigenvalue weighted by Crippen LogP contribution is 2.29.